The number of carbonyl (C=O) groups excluding carboxylic acids is 1. The molecule has 0 spiro atoms. The number of aliphatic hydroxyl groups is 1. The van der Waals surface area contributed by atoms with Gasteiger partial charge in [-0.25, -0.2) is 0 Å². The second-order valence-corrected chi connectivity index (χ2v) is 15.8. The molecule has 2 aromatic carbocycles. The van der Waals surface area contributed by atoms with E-state index in [9.17, 15) is 9.90 Å². The average molecular weight is 815 g/mol. The van der Waals surface area contributed by atoms with Crippen LogP contribution in [0.25, 0.3) is 33.2 Å². The number of furan rings is 1. The Balaban J connectivity index is 0.000000322. The Morgan fingerprint density at radius 3 is 1.98 bits per heavy atom. The van der Waals surface area contributed by atoms with Gasteiger partial charge in [-0.3, -0.25) is 4.79 Å². The van der Waals surface area contributed by atoms with Crippen LogP contribution in [-0.2, 0) is 41.1 Å². The molecule has 0 saturated carbocycles. The van der Waals surface area contributed by atoms with Crippen molar-refractivity contribution in [3.8, 4) is 11.3 Å². The van der Waals surface area contributed by atoms with Gasteiger partial charge in [0.1, 0.15) is 11.2 Å². The van der Waals surface area contributed by atoms with Crippen LogP contribution in [0, 0.1) is 24.8 Å². The van der Waals surface area contributed by atoms with Gasteiger partial charge in [-0.2, -0.15) is 0 Å². The number of fused-ring (bicyclic) bond motifs is 2. The zero-order valence-corrected chi connectivity index (χ0v) is 33.4. The van der Waals surface area contributed by atoms with Gasteiger partial charge in [0.25, 0.3) is 0 Å². The first kappa shape index (κ1) is 38.7. The van der Waals surface area contributed by atoms with Gasteiger partial charge in [-0.05, 0) is 53.2 Å². The summed E-state index contributed by atoms with van der Waals surface area (Å²) in [5, 5.41) is 12.1. The summed E-state index contributed by atoms with van der Waals surface area (Å²) in [6.45, 7) is 28.3. The van der Waals surface area contributed by atoms with Crippen molar-refractivity contribution in [2.45, 2.75) is 132 Å². The Kier molecular flexibility index (Phi) is 11.8. The molecular formula is C42H56IrNO3-. The monoisotopic (exact) mass is 815 g/mol. The molecule has 0 aliphatic heterocycles. The average Bonchev–Trinajstić information content (AvgIpc) is 3.33. The number of allylic oxidation sites excluding steroid dienone is 2. The van der Waals surface area contributed by atoms with Gasteiger partial charge in [-0.15, -0.1) is 34.9 Å². The van der Waals surface area contributed by atoms with Crippen molar-refractivity contribution >= 4 is 27.7 Å². The van der Waals surface area contributed by atoms with Crippen molar-refractivity contribution in [1.29, 1.82) is 0 Å². The van der Waals surface area contributed by atoms with Crippen LogP contribution < -0.4 is 0 Å². The third-order valence-electron chi connectivity index (χ3n) is 10.0. The van der Waals surface area contributed by atoms with Crippen molar-refractivity contribution < 1.29 is 34.4 Å². The summed E-state index contributed by atoms with van der Waals surface area (Å²) in [6, 6.07) is 12.6. The van der Waals surface area contributed by atoms with Gasteiger partial charge in [0.2, 0.25) is 0 Å². The van der Waals surface area contributed by atoms with Crippen LogP contribution in [0.4, 0.5) is 0 Å². The molecule has 0 amide bonds. The predicted molar refractivity (Wildman–Crippen MR) is 194 cm³/mol. The molecule has 2 heterocycles. The zero-order chi connectivity index (χ0) is 34.4. The molecule has 5 rings (SSSR count). The van der Waals surface area contributed by atoms with Crippen LogP contribution in [0.3, 0.4) is 0 Å². The Hall–Kier alpha value is -2.75. The molecule has 4 nitrogen and oxygen atoms in total. The molecule has 1 radical (unpaired) electrons. The minimum absolute atomic E-state index is 0. The maximum absolute atomic E-state index is 11.7. The first-order valence-corrected chi connectivity index (χ1v) is 17.3. The van der Waals surface area contributed by atoms with Crippen LogP contribution in [0.15, 0.2) is 46.7 Å². The van der Waals surface area contributed by atoms with E-state index in [0.29, 0.717) is 0 Å². The van der Waals surface area contributed by atoms with E-state index in [1.54, 1.807) is 0 Å². The van der Waals surface area contributed by atoms with Crippen LogP contribution in [0.1, 0.15) is 137 Å². The first-order valence-electron chi connectivity index (χ1n) is 17.3. The quantitative estimate of drug-likeness (QED) is 0.115. The summed E-state index contributed by atoms with van der Waals surface area (Å²) >= 11 is 0. The summed E-state index contributed by atoms with van der Waals surface area (Å²) in [6.07, 6.45) is 6.93. The Bertz CT molecular complexity index is 1770. The molecule has 0 fully saturated rings. The molecule has 47 heavy (non-hydrogen) atoms. The van der Waals surface area contributed by atoms with Gasteiger partial charge in [0.15, 0.2) is 5.78 Å². The van der Waals surface area contributed by atoms with E-state index < -0.39 is 0 Å². The van der Waals surface area contributed by atoms with Gasteiger partial charge in [-0.1, -0.05) is 102 Å². The predicted octanol–water partition coefficient (Wildman–Crippen LogP) is 11.9. The summed E-state index contributed by atoms with van der Waals surface area (Å²) < 4.78 is 6.80. The number of benzene rings is 2. The second-order valence-electron chi connectivity index (χ2n) is 15.8. The summed E-state index contributed by atoms with van der Waals surface area (Å²) in [4.78, 5) is 16.8. The van der Waals surface area contributed by atoms with Crippen LogP contribution in [-0.4, -0.2) is 15.9 Å². The summed E-state index contributed by atoms with van der Waals surface area (Å²) in [7, 11) is 0. The fourth-order valence-electron chi connectivity index (χ4n) is 6.93. The van der Waals surface area contributed by atoms with Gasteiger partial charge >= 0.3 is 0 Å². The minimum atomic E-state index is -0.189. The van der Waals surface area contributed by atoms with Crippen molar-refractivity contribution in [2.75, 3.05) is 0 Å². The molecule has 257 valence electrons. The summed E-state index contributed by atoms with van der Waals surface area (Å²) in [5.41, 5.74) is 10.0. The third-order valence-corrected chi connectivity index (χ3v) is 10.0. The second kappa shape index (κ2) is 14.4. The molecule has 5 heteroatoms. The summed E-state index contributed by atoms with van der Waals surface area (Å²) in [5.74, 6) is 0.547. The number of pyridine rings is 1. The normalized spacial score (nSPS) is 14.2. The molecule has 1 aliphatic carbocycles. The van der Waals surface area contributed by atoms with Gasteiger partial charge in [0, 0.05) is 66.1 Å². The molecule has 0 unspecified atom stereocenters. The fourth-order valence-corrected chi connectivity index (χ4v) is 6.93. The molecule has 0 saturated heterocycles. The van der Waals surface area contributed by atoms with Gasteiger partial charge in [0.05, 0.1) is 5.76 Å². The van der Waals surface area contributed by atoms with Crippen molar-refractivity contribution in [2.24, 2.45) is 11.8 Å². The number of aromatic nitrogens is 1. The van der Waals surface area contributed by atoms with Crippen molar-refractivity contribution in [3.05, 3.63) is 76.2 Å². The van der Waals surface area contributed by atoms with E-state index in [0.717, 1.165) is 59.1 Å². The van der Waals surface area contributed by atoms with Crippen LogP contribution in [0.5, 0.6) is 0 Å². The number of rotatable bonds is 7. The fraction of sp³-hybridized carbons (Fsp3) is 0.524. The number of carbonyl (C=O) groups is 1. The topological polar surface area (TPSA) is 63.3 Å². The number of hydrogen-bond donors (Lipinski definition) is 1. The molecule has 2 aromatic heterocycles. The Morgan fingerprint density at radius 2 is 1.45 bits per heavy atom. The third kappa shape index (κ3) is 7.32. The standard InChI is InChI=1S/C29H32NO.C13H24O2.Ir/c1-16-10-11-17-20(14-16)29(8,9)18-12-13-19(27(2,3)4)25-22(18)23-24(17)30-15-21(26(23)31-25)28(5,6)7;1-5-10(6-2)12(14)9-13(15)11(7-3)8-4;/h10,12-15H,1-9H3;9-11,14H,5-8H2,1-4H3;/q-1;;/b;12-9-;. The van der Waals surface area contributed by atoms with E-state index in [4.69, 9.17) is 9.40 Å². The Labute approximate surface area is 297 Å². The minimum Gasteiger partial charge on any atom is -0.512 e. The van der Waals surface area contributed by atoms with E-state index in [1.807, 2.05) is 33.9 Å². The SMILES string of the molecule is CCC(CC)C(=O)/C=C(\O)C(CC)CC.Cc1c[c-]c2c(c1)C(C)(C)c1ccc(C(C)(C)C)c3oc4c(C(C)(C)C)cnc-2c4c13.[Ir]. The van der Waals surface area contributed by atoms with E-state index in [1.165, 1.54) is 33.7 Å². The van der Waals surface area contributed by atoms with Crippen molar-refractivity contribution in [1.82, 2.24) is 4.98 Å². The van der Waals surface area contributed by atoms with E-state index in [-0.39, 0.29) is 59.7 Å². The number of hydrogen-bond acceptors (Lipinski definition) is 4. The molecule has 0 atom stereocenters. The van der Waals surface area contributed by atoms with E-state index >= 15 is 0 Å². The van der Waals surface area contributed by atoms with Crippen molar-refractivity contribution in [3.63, 3.8) is 0 Å². The molecular weight excluding hydrogens is 759 g/mol. The first-order chi connectivity index (χ1) is 21.4. The number of aliphatic hydroxyl groups excluding tert-OH is 1. The number of ketones is 1. The molecule has 0 bridgehead atoms. The molecule has 1 aliphatic rings. The maximum atomic E-state index is 11.7. The van der Waals surface area contributed by atoms with E-state index in [2.05, 4.69) is 92.6 Å². The smallest absolute Gasteiger partial charge is 0.162 e. The number of nitrogens with zero attached hydrogens (tertiary/aromatic N) is 1. The zero-order valence-electron chi connectivity index (χ0n) is 31.0. The molecule has 1 N–H and O–H groups in total. The van der Waals surface area contributed by atoms with Crippen LogP contribution in [0.2, 0.25) is 0 Å². The molecule has 4 aromatic rings. The number of aryl methyl sites for hydroxylation is 1. The largest absolute Gasteiger partial charge is 0.512 e. The van der Waals surface area contributed by atoms with Gasteiger partial charge < -0.3 is 14.5 Å². The Morgan fingerprint density at radius 1 is 0.894 bits per heavy atom. The van der Waals surface area contributed by atoms with Crippen LogP contribution >= 0.6 is 0 Å². The maximum Gasteiger partial charge on any atom is 0.162 e.